The van der Waals surface area contributed by atoms with E-state index in [4.69, 9.17) is 0 Å². The topological polar surface area (TPSA) is 209 Å². The van der Waals surface area contributed by atoms with Crippen molar-refractivity contribution in [1.82, 2.24) is 16.0 Å². The number of hydrogen-bond donors (Lipinski definition) is 9. The number of amides is 3. The van der Waals surface area contributed by atoms with Gasteiger partial charge in [-0.15, -0.1) is 0 Å². The van der Waals surface area contributed by atoms with Crippen LogP contribution >= 0.6 is 0 Å². The highest BCUT2D eigenvalue weighted by molar-refractivity contribution is 5.98. The number of para-hydroxylation sites is 3. The molecule has 0 saturated carbocycles. The Morgan fingerprint density at radius 2 is 0.881 bits per heavy atom. The van der Waals surface area contributed by atoms with Crippen molar-refractivity contribution < 1.29 is 45.0 Å². The van der Waals surface area contributed by atoms with Crippen LogP contribution in [0.4, 0.5) is 0 Å². The molecule has 224 valence electrons. The average Bonchev–Trinajstić information content (AvgIpc) is 2.96. The van der Waals surface area contributed by atoms with Crippen LogP contribution in [0, 0.1) is 0 Å². The van der Waals surface area contributed by atoms with E-state index < -0.39 is 52.2 Å². The molecule has 3 amide bonds. The number of benzene rings is 3. The molecular formula is C30H35N3O9. The van der Waals surface area contributed by atoms with Crippen LogP contribution in [-0.2, 0) is 0 Å². The van der Waals surface area contributed by atoms with Gasteiger partial charge in [0.25, 0.3) is 17.7 Å². The monoisotopic (exact) mass is 581 g/mol. The molecule has 0 aliphatic heterocycles. The van der Waals surface area contributed by atoms with Gasteiger partial charge in [-0.25, -0.2) is 0 Å². The fraction of sp³-hybridized carbons (Fsp3) is 0.300. The minimum Gasteiger partial charge on any atom is -0.504 e. The molecule has 12 nitrogen and oxygen atoms in total. The maximum atomic E-state index is 12.8. The van der Waals surface area contributed by atoms with Crippen molar-refractivity contribution in [3.8, 4) is 34.5 Å². The number of phenolic OH excluding ortho intramolecular Hbond substituents is 6. The Morgan fingerprint density at radius 1 is 0.524 bits per heavy atom. The molecule has 9 N–H and O–H groups in total. The first-order chi connectivity index (χ1) is 20.1. The Kier molecular flexibility index (Phi) is 11.2. The molecule has 0 aromatic heterocycles. The quantitative estimate of drug-likeness (QED) is 0.101. The van der Waals surface area contributed by atoms with Gasteiger partial charge in [0.05, 0.1) is 16.7 Å². The van der Waals surface area contributed by atoms with Crippen molar-refractivity contribution in [3.63, 3.8) is 0 Å². The molecule has 3 aromatic rings. The van der Waals surface area contributed by atoms with Crippen LogP contribution in [0.15, 0.2) is 54.6 Å². The van der Waals surface area contributed by atoms with E-state index in [1.807, 2.05) is 0 Å². The zero-order valence-corrected chi connectivity index (χ0v) is 22.8. The Labute approximate surface area is 242 Å². The predicted molar refractivity (Wildman–Crippen MR) is 153 cm³/mol. The number of aromatic hydroxyl groups is 6. The van der Waals surface area contributed by atoms with Crippen LogP contribution in [0.1, 0.15) is 69.6 Å². The molecule has 0 aliphatic rings. The molecule has 0 heterocycles. The number of carbonyl (C=O) groups excluding carboxylic acids is 3. The van der Waals surface area contributed by atoms with E-state index in [1.54, 1.807) is 0 Å². The van der Waals surface area contributed by atoms with Crippen LogP contribution < -0.4 is 16.0 Å². The number of rotatable bonds is 14. The lowest BCUT2D eigenvalue weighted by molar-refractivity contribution is 0.0927. The smallest absolute Gasteiger partial charge is 0.255 e. The van der Waals surface area contributed by atoms with Gasteiger partial charge >= 0.3 is 0 Å². The van der Waals surface area contributed by atoms with Gasteiger partial charge in [-0.2, -0.15) is 0 Å². The molecule has 0 aliphatic carbocycles. The van der Waals surface area contributed by atoms with Crippen LogP contribution in [-0.4, -0.2) is 67.5 Å². The summed E-state index contributed by atoms with van der Waals surface area (Å²) < 4.78 is 0. The summed E-state index contributed by atoms with van der Waals surface area (Å²) in [4.78, 5) is 37.5. The average molecular weight is 582 g/mol. The van der Waals surface area contributed by atoms with Gasteiger partial charge in [0, 0.05) is 19.1 Å². The van der Waals surface area contributed by atoms with E-state index in [-0.39, 0.29) is 35.8 Å². The van der Waals surface area contributed by atoms with Gasteiger partial charge in [0.1, 0.15) is 0 Å². The highest BCUT2D eigenvalue weighted by Crippen LogP contribution is 2.30. The first kappa shape index (κ1) is 31.4. The molecule has 0 bridgehead atoms. The van der Waals surface area contributed by atoms with E-state index in [0.717, 1.165) is 0 Å². The summed E-state index contributed by atoms with van der Waals surface area (Å²) in [5.74, 6) is -4.35. The SMILES string of the molecule is O=C(NCCCCC(CCCCNC(=O)c1cccc(O)c1O)NC(=O)c1cccc(O)c1O)c1cccc(O)c1O. The second-order valence-corrected chi connectivity index (χ2v) is 9.69. The Balaban J connectivity index is 1.50. The Hall–Kier alpha value is -5.13. The molecule has 0 spiro atoms. The number of carbonyl (C=O) groups is 3. The molecule has 0 fully saturated rings. The second kappa shape index (κ2) is 15.0. The van der Waals surface area contributed by atoms with Crippen LogP contribution in [0.3, 0.4) is 0 Å². The lowest BCUT2D eigenvalue weighted by Crippen LogP contribution is -2.35. The van der Waals surface area contributed by atoms with Crippen molar-refractivity contribution >= 4 is 17.7 Å². The Bertz CT molecular complexity index is 1340. The summed E-state index contributed by atoms with van der Waals surface area (Å²) in [5, 5.41) is 66.9. The first-order valence-corrected chi connectivity index (χ1v) is 13.5. The third-order valence-electron chi connectivity index (χ3n) is 6.64. The molecule has 0 atom stereocenters. The van der Waals surface area contributed by atoms with Gasteiger partial charge in [-0.1, -0.05) is 18.2 Å². The van der Waals surface area contributed by atoms with Crippen molar-refractivity contribution in [1.29, 1.82) is 0 Å². The molecule has 0 unspecified atom stereocenters. The van der Waals surface area contributed by atoms with E-state index in [0.29, 0.717) is 38.5 Å². The summed E-state index contributed by atoms with van der Waals surface area (Å²) in [6.07, 6.45) is 3.38. The molecule has 0 saturated heterocycles. The lowest BCUT2D eigenvalue weighted by atomic mass is 10.0. The molecule has 3 aromatic carbocycles. The van der Waals surface area contributed by atoms with Gasteiger partial charge in [-0.3, -0.25) is 14.4 Å². The lowest BCUT2D eigenvalue weighted by Gasteiger charge is -2.19. The van der Waals surface area contributed by atoms with Gasteiger partial charge in [0.2, 0.25) is 0 Å². The largest absolute Gasteiger partial charge is 0.504 e. The Morgan fingerprint density at radius 3 is 1.26 bits per heavy atom. The van der Waals surface area contributed by atoms with Crippen molar-refractivity contribution in [2.75, 3.05) is 13.1 Å². The zero-order valence-electron chi connectivity index (χ0n) is 22.8. The summed E-state index contributed by atoms with van der Waals surface area (Å²) in [7, 11) is 0. The maximum absolute atomic E-state index is 12.8. The predicted octanol–water partition coefficient (Wildman–Crippen LogP) is 3.22. The fourth-order valence-electron chi connectivity index (χ4n) is 4.32. The molecule has 12 heteroatoms. The first-order valence-electron chi connectivity index (χ1n) is 13.5. The van der Waals surface area contributed by atoms with Gasteiger partial charge < -0.3 is 46.6 Å². The van der Waals surface area contributed by atoms with Crippen LogP contribution in [0.2, 0.25) is 0 Å². The normalized spacial score (nSPS) is 10.8. The number of hydrogen-bond acceptors (Lipinski definition) is 9. The highest BCUT2D eigenvalue weighted by Gasteiger charge is 2.19. The highest BCUT2D eigenvalue weighted by atomic mass is 16.3. The standard InChI is InChI=1S/C30H35N3O9/c34-22-13-5-10-19(25(22)37)28(40)31-16-3-1-8-18(33-30(42)21-12-7-15-24(36)27(21)39)9-2-4-17-32-29(41)20-11-6-14-23(35)26(20)38/h5-7,10-15,18,34-39H,1-4,8-9,16-17H2,(H,31,40)(H,32,41)(H,33,42). The summed E-state index contributed by atoms with van der Waals surface area (Å²) in [5.41, 5.74) is -0.161. The minimum absolute atomic E-state index is 0.0440. The summed E-state index contributed by atoms with van der Waals surface area (Å²) in [6.45, 7) is 0.575. The van der Waals surface area contributed by atoms with E-state index in [2.05, 4.69) is 16.0 Å². The van der Waals surface area contributed by atoms with Crippen LogP contribution in [0.25, 0.3) is 0 Å². The second-order valence-electron chi connectivity index (χ2n) is 9.69. The minimum atomic E-state index is -0.561. The zero-order chi connectivity index (χ0) is 30.6. The molecule has 0 radical (unpaired) electrons. The molecule has 3 rings (SSSR count). The van der Waals surface area contributed by atoms with Crippen LogP contribution in [0.5, 0.6) is 34.5 Å². The van der Waals surface area contributed by atoms with Gasteiger partial charge in [0.15, 0.2) is 34.5 Å². The fourth-order valence-corrected chi connectivity index (χ4v) is 4.32. The maximum Gasteiger partial charge on any atom is 0.255 e. The van der Waals surface area contributed by atoms with Crippen molar-refractivity contribution in [2.24, 2.45) is 0 Å². The van der Waals surface area contributed by atoms with Crippen molar-refractivity contribution in [3.05, 3.63) is 71.3 Å². The third-order valence-corrected chi connectivity index (χ3v) is 6.64. The number of phenols is 6. The van der Waals surface area contributed by atoms with Gasteiger partial charge in [-0.05, 0) is 74.9 Å². The third kappa shape index (κ3) is 8.43. The van der Waals surface area contributed by atoms with E-state index in [9.17, 15) is 45.0 Å². The summed E-state index contributed by atoms with van der Waals surface area (Å²) in [6, 6.07) is 12.0. The van der Waals surface area contributed by atoms with Crippen molar-refractivity contribution in [2.45, 2.75) is 44.6 Å². The number of nitrogens with one attached hydrogen (secondary N) is 3. The molecule has 42 heavy (non-hydrogen) atoms. The molecular weight excluding hydrogens is 546 g/mol. The number of unbranched alkanes of at least 4 members (excludes halogenated alkanes) is 2. The van der Waals surface area contributed by atoms with E-state index in [1.165, 1.54) is 54.6 Å². The van der Waals surface area contributed by atoms with E-state index >= 15 is 0 Å². The summed E-state index contributed by atoms with van der Waals surface area (Å²) >= 11 is 0.